The normalized spacial score (nSPS) is 9.85. The van der Waals surface area contributed by atoms with Crippen molar-refractivity contribution < 1.29 is 23.5 Å². The van der Waals surface area contributed by atoms with Crippen LogP contribution in [0.25, 0.3) is 0 Å². The van der Waals surface area contributed by atoms with Crippen molar-refractivity contribution >= 4 is 17.6 Å². The molecule has 1 aromatic heterocycles. The molecule has 0 radical (unpaired) electrons. The van der Waals surface area contributed by atoms with Gasteiger partial charge in [0, 0.05) is 5.69 Å². The minimum Gasteiger partial charge on any atom is -0.497 e. The number of furan rings is 1. The lowest BCUT2D eigenvalue weighted by Gasteiger charge is -2.06. The van der Waals surface area contributed by atoms with E-state index in [0.717, 1.165) is 0 Å². The zero-order valence-electron chi connectivity index (χ0n) is 10.8. The Labute approximate surface area is 115 Å². The van der Waals surface area contributed by atoms with Crippen LogP contribution in [0.4, 0.5) is 5.69 Å². The number of rotatable bonds is 5. The van der Waals surface area contributed by atoms with Gasteiger partial charge in [-0.15, -0.1) is 0 Å². The summed E-state index contributed by atoms with van der Waals surface area (Å²) in [6.45, 7) is -0.365. The van der Waals surface area contributed by atoms with Gasteiger partial charge in [-0.2, -0.15) is 0 Å². The highest BCUT2D eigenvalue weighted by atomic mass is 16.5. The third-order valence-electron chi connectivity index (χ3n) is 2.47. The van der Waals surface area contributed by atoms with Gasteiger partial charge in [-0.05, 0) is 30.3 Å². The molecule has 20 heavy (non-hydrogen) atoms. The van der Waals surface area contributed by atoms with E-state index < -0.39 is 11.9 Å². The highest BCUT2D eigenvalue weighted by Gasteiger charge is 2.11. The molecule has 1 amide bonds. The lowest BCUT2D eigenvalue weighted by atomic mass is 10.3. The second-order valence-electron chi connectivity index (χ2n) is 3.86. The first kappa shape index (κ1) is 13.7. The van der Waals surface area contributed by atoms with Crippen LogP contribution in [-0.4, -0.2) is 25.6 Å². The Balaban J connectivity index is 1.81. The molecular formula is C14H13NO5. The molecule has 0 saturated heterocycles. The van der Waals surface area contributed by atoms with Gasteiger partial charge < -0.3 is 19.2 Å². The summed E-state index contributed by atoms with van der Waals surface area (Å²) in [7, 11) is 1.56. The highest BCUT2D eigenvalue weighted by Crippen LogP contribution is 2.14. The highest BCUT2D eigenvalue weighted by molar-refractivity contribution is 5.95. The van der Waals surface area contributed by atoms with Crippen molar-refractivity contribution in [2.45, 2.75) is 0 Å². The van der Waals surface area contributed by atoms with Gasteiger partial charge in [-0.1, -0.05) is 0 Å². The molecule has 0 bridgehead atoms. The lowest BCUT2D eigenvalue weighted by molar-refractivity contribution is -0.119. The van der Waals surface area contributed by atoms with Crippen LogP contribution in [0.1, 0.15) is 10.4 Å². The zero-order valence-corrected chi connectivity index (χ0v) is 10.8. The third-order valence-corrected chi connectivity index (χ3v) is 2.47. The first-order valence-corrected chi connectivity index (χ1v) is 5.82. The molecule has 6 heteroatoms. The fourth-order valence-corrected chi connectivity index (χ4v) is 1.47. The summed E-state index contributed by atoms with van der Waals surface area (Å²) in [5, 5.41) is 2.60. The SMILES string of the molecule is COc1ccc(NC(=O)COC(=O)c2ccoc2)cc1. The van der Waals surface area contributed by atoms with Crippen LogP contribution < -0.4 is 10.1 Å². The molecule has 1 N–H and O–H groups in total. The van der Waals surface area contributed by atoms with Gasteiger partial charge >= 0.3 is 5.97 Å². The van der Waals surface area contributed by atoms with Gasteiger partial charge in [0.2, 0.25) is 0 Å². The molecule has 104 valence electrons. The molecule has 2 rings (SSSR count). The largest absolute Gasteiger partial charge is 0.497 e. The first-order valence-electron chi connectivity index (χ1n) is 5.82. The van der Waals surface area contributed by atoms with Crippen LogP contribution >= 0.6 is 0 Å². The van der Waals surface area contributed by atoms with E-state index in [1.54, 1.807) is 31.4 Å². The molecular weight excluding hydrogens is 262 g/mol. The van der Waals surface area contributed by atoms with E-state index in [0.29, 0.717) is 11.4 Å². The van der Waals surface area contributed by atoms with Gasteiger partial charge in [0.05, 0.1) is 18.9 Å². The van der Waals surface area contributed by atoms with Gasteiger partial charge in [0.1, 0.15) is 12.0 Å². The van der Waals surface area contributed by atoms with Crippen molar-refractivity contribution in [2.24, 2.45) is 0 Å². The Kier molecular flexibility index (Phi) is 4.39. The van der Waals surface area contributed by atoms with E-state index >= 15 is 0 Å². The summed E-state index contributed by atoms with van der Waals surface area (Å²) in [5.74, 6) is -0.343. The molecule has 0 aliphatic rings. The van der Waals surface area contributed by atoms with Crippen LogP contribution in [0, 0.1) is 0 Å². The number of anilines is 1. The van der Waals surface area contributed by atoms with Gasteiger partial charge in [-0.25, -0.2) is 4.79 Å². The monoisotopic (exact) mass is 275 g/mol. The summed E-state index contributed by atoms with van der Waals surface area (Å²) in [5.41, 5.74) is 0.859. The summed E-state index contributed by atoms with van der Waals surface area (Å²) >= 11 is 0. The average Bonchev–Trinajstić information content (AvgIpc) is 3.00. The number of carbonyl (C=O) groups excluding carboxylic acids is 2. The Bertz CT molecular complexity index is 574. The van der Waals surface area contributed by atoms with Gasteiger partial charge in [0.25, 0.3) is 5.91 Å². The second kappa shape index (κ2) is 6.42. The van der Waals surface area contributed by atoms with Crippen molar-refractivity contribution in [3.05, 3.63) is 48.4 Å². The Morgan fingerprint density at radius 1 is 1.20 bits per heavy atom. The lowest BCUT2D eigenvalue weighted by Crippen LogP contribution is -2.20. The minimum absolute atomic E-state index is 0.266. The van der Waals surface area contributed by atoms with Crippen LogP contribution in [0.5, 0.6) is 5.75 Å². The van der Waals surface area contributed by atoms with E-state index in [4.69, 9.17) is 13.9 Å². The summed E-state index contributed by atoms with van der Waals surface area (Å²) in [6.07, 6.45) is 2.61. The number of hydrogen-bond acceptors (Lipinski definition) is 5. The van der Waals surface area contributed by atoms with Crippen LogP contribution in [0.15, 0.2) is 47.3 Å². The smallest absolute Gasteiger partial charge is 0.341 e. The number of carbonyl (C=O) groups is 2. The van der Waals surface area contributed by atoms with E-state index in [1.165, 1.54) is 18.6 Å². The second-order valence-corrected chi connectivity index (χ2v) is 3.86. The number of esters is 1. The molecule has 6 nitrogen and oxygen atoms in total. The Morgan fingerprint density at radius 3 is 2.55 bits per heavy atom. The molecule has 0 spiro atoms. The van der Waals surface area contributed by atoms with Crippen LogP contribution in [0.2, 0.25) is 0 Å². The van der Waals surface area contributed by atoms with Crippen molar-refractivity contribution in [2.75, 3.05) is 19.0 Å². The summed E-state index contributed by atoms with van der Waals surface area (Å²) in [6, 6.07) is 8.27. The van der Waals surface area contributed by atoms with Gasteiger partial charge in [0.15, 0.2) is 6.61 Å². The topological polar surface area (TPSA) is 77.8 Å². The number of nitrogens with one attached hydrogen (secondary N) is 1. The van der Waals surface area contributed by atoms with Crippen LogP contribution in [-0.2, 0) is 9.53 Å². The van der Waals surface area contributed by atoms with E-state index in [1.807, 2.05) is 0 Å². The summed E-state index contributed by atoms with van der Waals surface area (Å²) < 4.78 is 14.6. The number of benzene rings is 1. The zero-order chi connectivity index (χ0) is 14.4. The van der Waals surface area contributed by atoms with Crippen molar-refractivity contribution in [1.82, 2.24) is 0 Å². The van der Waals surface area contributed by atoms with Crippen molar-refractivity contribution in [3.8, 4) is 5.75 Å². The number of methoxy groups -OCH3 is 1. The molecule has 1 aromatic carbocycles. The molecule has 0 aliphatic heterocycles. The maximum absolute atomic E-state index is 11.6. The standard InChI is InChI=1S/C14H13NO5/c1-18-12-4-2-11(3-5-12)15-13(16)9-20-14(17)10-6-7-19-8-10/h2-8H,9H2,1H3,(H,15,16). The number of ether oxygens (including phenoxy) is 2. The maximum Gasteiger partial charge on any atom is 0.341 e. The van der Waals surface area contributed by atoms with E-state index in [-0.39, 0.29) is 12.2 Å². The Hall–Kier alpha value is -2.76. The average molecular weight is 275 g/mol. The van der Waals surface area contributed by atoms with E-state index in [2.05, 4.69) is 5.32 Å². The first-order chi connectivity index (χ1) is 9.69. The summed E-state index contributed by atoms with van der Waals surface area (Å²) in [4.78, 5) is 23.1. The molecule has 1 heterocycles. The van der Waals surface area contributed by atoms with Gasteiger partial charge in [-0.3, -0.25) is 4.79 Å². The fraction of sp³-hybridized carbons (Fsp3) is 0.143. The Morgan fingerprint density at radius 2 is 1.95 bits per heavy atom. The molecule has 0 saturated carbocycles. The minimum atomic E-state index is -0.608. The number of hydrogen-bond donors (Lipinski definition) is 1. The fourth-order valence-electron chi connectivity index (χ4n) is 1.47. The molecule has 0 aliphatic carbocycles. The molecule has 0 unspecified atom stereocenters. The number of amides is 1. The molecule has 0 fully saturated rings. The van der Waals surface area contributed by atoms with E-state index in [9.17, 15) is 9.59 Å². The van der Waals surface area contributed by atoms with Crippen molar-refractivity contribution in [3.63, 3.8) is 0 Å². The molecule has 0 atom stereocenters. The van der Waals surface area contributed by atoms with Crippen molar-refractivity contribution in [1.29, 1.82) is 0 Å². The predicted octanol–water partition coefficient (Wildman–Crippen LogP) is 2.08. The third kappa shape index (κ3) is 3.61. The molecule has 2 aromatic rings. The maximum atomic E-state index is 11.6. The predicted molar refractivity (Wildman–Crippen MR) is 70.6 cm³/mol. The van der Waals surface area contributed by atoms with Crippen LogP contribution in [0.3, 0.4) is 0 Å². The quantitative estimate of drug-likeness (QED) is 0.845.